The van der Waals surface area contributed by atoms with Crippen molar-refractivity contribution in [3.63, 3.8) is 0 Å². The minimum Gasteiger partial charge on any atom is -0.378 e. The molecule has 8 heteroatoms. The highest BCUT2D eigenvalue weighted by Crippen LogP contribution is 2.28. The van der Waals surface area contributed by atoms with Crippen molar-refractivity contribution in [3.8, 4) is 0 Å². The van der Waals surface area contributed by atoms with Gasteiger partial charge in [-0.2, -0.15) is 4.31 Å². The van der Waals surface area contributed by atoms with Gasteiger partial charge in [-0.25, -0.2) is 8.42 Å². The Morgan fingerprint density at radius 3 is 2.50 bits per heavy atom. The second-order valence-corrected chi connectivity index (χ2v) is 10.8. The standard InChI is InChI=1S/C24H35N3O4S/c28-24(25-12-11-20-7-3-1-4-8-20)22-19-21(32(29,30)27-13-5-2-6-14-27)9-10-23(22)26-15-17-31-18-16-26/h7,9-10,19H,1-6,8,11-18H2,(H,25,28). The number of hydrogen-bond acceptors (Lipinski definition) is 5. The Morgan fingerprint density at radius 2 is 1.78 bits per heavy atom. The third kappa shape index (κ3) is 5.53. The Bertz CT molecular complexity index is 933. The lowest BCUT2D eigenvalue weighted by Crippen LogP contribution is -2.38. The number of rotatable bonds is 7. The molecule has 1 aliphatic carbocycles. The van der Waals surface area contributed by atoms with Crippen LogP contribution in [0.2, 0.25) is 0 Å². The number of anilines is 1. The lowest BCUT2D eigenvalue weighted by atomic mass is 9.97. The fourth-order valence-corrected chi connectivity index (χ4v) is 6.30. The summed E-state index contributed by atoms with van der Waals surface area (Å²) in [6.07, 6.45) is 10.7. The zero-order valence-electron chi connectivity index (χ0n) is 18.9. The molecular formula is C24H35N3O4S. The number of benzene rings is 1. The molecule has 0 atom stereocenters. The van der Waals surface area contributed by atoms with Crippen molar-refractivity contribution in [3.05, 3.63) is 35.4 Å². The molecule has 1 amide bonds. The van der Waals surface area contributed by atoms with Crippen LogP contribution < -0.4 is 10.2 Å². The van der Waals surface area contributed by atoms with E-state index in [1.54, 1.807) is 22.5 Å². The Balaban J connectivity index is 1.55. The summed E-state index contributed by atoms with van der Waals surface area (Å²) in [5, 5.41) is 3.04. The third-order valence-corrected chi connectivity index (χ3v) is 8.53. The molecule has 2 heterocycles. The highest BCUT2D eigenvalue weighted by Gasteiger charge is 2.28. The quantitative estimate of drug-likeness (QED) is 0.630. The maximum absolute atomic E-state index is 13.2. The molecule has 176 valence electrons. The van der Waals surface area contributed by atoms with Crippen LogP contribution in [-0.4, -0.2) is 64.6 Å². The number of carbonyl (C=O) groups is 1. The first kappa shape index (κ1) is 23.3. The van der Waals surface area contributed by atoms with Crippen molar-refractivity contribution < 1.29 is 17.9 Å². The maximum atomic E-state index is 13.2. The van der Waals surface area contributed by atoms with Gasteiger partial charge in [0.2, 0.25) is 10.0 Å². The van der Waals surface area contributed by atoms with Gasteiger partial charge in [0.25, 0.3) is 5.91 Å². The van der Waals surface area contributed by atoms with Crippen LogP contribution in [0.5, 0.6) is 0 Å². The van der Waals surface area contributed by atoms with Gasteiger partial charge in [0, 0.05) is 38.4 Å². The lowest BCUT2D eigenvalue weighted by Gasteiger charge is -2.31. The number of carbonyl (C=O) groups excluding carboxylic acids is 1. The molecule has 0 radical (unpaired) electrons. The fraction of sp³-hybridized carbons (Fsp3) is 0.625. The van der Waals surface area contributed by atoms with Gasteiger partial charge < -0.3 is 15.0 Å². The average Bonchev–Trinajstić information content (AvgIpc) is 2.85. The van der Waals surface area contributed by atoms with Gasteiger partial charge in [0.15, 0.2) is 0 Å². The summed E-state index contributed by atoms with van der Waals surface area (Å²) >= 11 is 0. The topological polar surface area (TPSA) is 79.0 Å². The molecule has 0 saturated carbocycles. The van der Waals surface area contributed by atoms with Crippen LogP contribution in [0.1, 0.15) is 61.7 Å². The monoisotopic (exact) mass is 461 g/mol. The molecule has 1 N–H and O–H groups in total. The van der Waals surface area contributed by atoms with Crippen LogP contribution in [-0.2, 0) is 14.8 Å². The smallest absolute Gasteiger partial charge is 0.253 e. The minimum absolute atomic E-state index is 0.205. The molecular weight excluding hydrogens is 426 g/mol. The van der Waals surface area contributed by atoms with Crippen molar-refractivity contribution in [1.82, 2.24) is 9.62 Å². The molecule has 4 rings (SSSR count). The van der Waals surface area contributed by atoms with E-state index < -0.39 is 10.0 Å². The fourth-order valence-electron chi connectivity index (χ4n) is 4.76. The molecule has 2 fully saturated rings. The zero-order chi connectivity index (χ0) is 22.4. The molecule has 0 bridgehead atoms. The van der Waals surface area contributed by atoms with E-state index in [9.17, 15) is 13.2 Å². The second-order valence-electron chi connectivity index (χ2n) is 8.86. The van der Waals surface area contributed by atoms with Crippen molar-refractivity contribution in [1.29, 1.82) is 0 Å². The van der Waals surface area contributed by atoms with Gasteiger partial charge in [-0.15, -0.1) is 0 Å². The number of nitrogens with zero attached hydrogens (tertiary/aromatic N) is 2. The van der Waals surface area contributed by atoms with E-state index in [1.807, 2.05) is 0 Å². The molecule has 0 unspecified atom stereocenters. The Kier molecular flexibility index (Phi) is 7.86. The van der Waals surface area contributed by atoms with Crippen molar-refractivity contribution in [2.45, 2.75) is 56.3 Å². The molecule has 0 spiro atoms. The van der Waals surface area contributed by atoms with Gasteiger partial charge >= 0.3 is 0 Å². The highest BCUT2D eigenvalue weighted by atomic mass is 32.2. The predicted molar refractivity (Wildman–Crippen MR) is 126 cm³/mol. The number of hydrogen-bond donors (Lipinski definition) is 1. The number of nitrogens with one attached hydrogen (secondary N) is 1. The van der Waals surface area contributed by atoms with E-state index in [1.165, 1.54) is 18.4 Å². The number of piperidine rings is 1. The van der Waals surface area contributed by atoms with Crippen molar-refractivity contribution >= 4 is 21.6 Å². The van der Waals surface area contributed by atoms with Crippen LogP contribution in [0.15, 0.2) is 34.7 Å². The number of allylic oxidation sites excluding steroid dienone is 1. The van der Waals surface area contributed by atoms with Gasteiger partial charge in [0.05, 0.1) is 23.7 Å². The van der Waals surface area contributed by atoms with Crippen LogP contribution in [0.3, 0.4) is 0 Å². The maximum Gasteiger partial charge on any atom is 0.253 e. The first-order chi connectivity index (χ1) is 15.6. The van der Waals surface area contributed by atoms with E-state index in [2.05, 4.69) is 16.3 Å². The Hall–Kier alpha value is -1.90. The van der Waals surface area contributed by atoms with E-state index in [4.69, 9.17) is 4.74 Å². The summed E-state index contributed by atoms with van der Waals surface area (Å²) in [6, 6.07) is 5.02. The first-order valence-corrected chi connectivity index (χ1v) is 13.4. The van der Waals surface area contributed by atoms with Gasteiger partial charge in [-0.1, -0.05) is 18.1 Å². The summed E-state index contributed by atoms with van der Waals surface area (Å²) in [5.74, 6) is -0.210. The van der Waals surface area contributed by atoms with E-state index >= 15 is 0 Å². The summed E-state index contributed by atoms with van der Waals surface area (Å²) < 4.78 is 33.5. The first-order valence-electron chi connectivity index (χ1n) is 12.0. The highest BCUT2D eigenvalue weighted by molar-refractivity contribution is 7.89. The molecule has 3 aliphatic rings. The Morgan fingerprint density at radius 1 is 1.00 bits per heavy atom. The van der Waals surface area contributed by atoms with Gasteiger partial charge in [0.1, 0.15) is 0 Å². The molecule has 7 nitrogen and oxygen atoms in total. The molecule has 0 aromatic heterocycles. The minimum atomic E-state index is -3.60. The van der Waals surface area contributed by atoms with Crippen LogP contribution >= 0.6 is 0 Å². The van der Waals surface area contributed by atoms with Gasteiger partial charge in [-0.05, 0) is 63.1 Å². The number of ether oxygens (including phenoxy) is 1. The number of morpholine rings is 1. The van der Waals surface area contributed by atoms with E-state index in [0.29, 0.717) is 51.5 Å². The van der Waals surface area contributed by atoms with Crippen LogP contribution in [0.4, 0.5) is 5.69 Å². The van der Waals surface area contributed by atoms with Crippen LogP contribution in [0, 0.1) is 0 Å². The Labute approximate surface area is 191 Å². The van der Waals surface area contributed by atoms with Gasteiger partial charge in [-0.3, -0.25) is 4.79 Å². The normalized spacial score (nSPS) is 20.6. The second kappa shape index (κ2) is 10.8. The average molecular weight is 462 g/mol. The molecule has 2 saturated heterocycles. The van der Waals surface area contributed by atoms with Crippen molar-refractivity contribution in [2.24, 2.45) is 0 Å². The molecule has 1 aromatic rings. The van der Waals surface area contributed by atoms with Crippen LogP contribution in [0.25, 0.3) is 0 Å². The molecule has 1 aromatic carbocycles. The zero-order valence-corrected chi connectivity index (χ0v) is 19.7. The summed E-state index contributed by atoms with van der Waals surface area (Å²) in [5.41, 5.74) is 2.62. The third-order valence-electron chi connectivity index (χ3n) is 6.63. The largest absolute Gasteiger partial charge is 0.378 e. The predicted octanol–water partition coefficient (Wildman–Crippen LogP) is 3.32. The lowest BCUT2D eigenvalue weighted by molar-refractivity contribution is 0.0952. The van der Waals surface area contributed by atoms with Crippen molar-refractivity contribution in [2.75, 3.05) is 50.8 Å². The molecule has 32 heavy (non-hydrogen) atoms. The number of sulfonamides is 1. The number of amides is 1. The molecule has 2 aliphatic heterocycles. The summed E-state index contributed by atoms with van der Waals surface area (Å²) in [6.45, 7) is 4.23. The van der Waals surface area contributed by atoms with E-state index in [-0.39, 0.29) is 10.8 Å². The van der Waals surface area contributed by atoms with E-state index in [0.717, 1.165) is 44.2 Å². The summed E-state index contributed by atoms with van der Waals surface area (Å²) in [7, 11) is -3.60. The SMILES string of the molecule is O=C(NCCC1=CCCCC1)c1cc(S(=O)(=O)N2CCCCC2)ccc1N1CCOCC1. The summed E-state index contributed by atoms with van der Waals surface area (Å²) in [4.78, 5) is 15.5.